The van der Waals surface area contributed by atoms with Crippen molar-refractivity contribution in [2.75, 3.05) is 5.32 Å². The summed E-state index contributed by atoms with van der Waals surface area (Å²) in [7, 11) is 0. The molecule has 3 nitrogen and oxygen atoms in total. The topological polar surface area (TPSA) is 52.9 Å². The number of nitrogens with zero attached hydrogens (tertiary/aromatic N) is 1. The molecule has 1 aliphatic heterocycles. The summed E-state index contributed by atoms with van der Waals surface area (Å²) < 4.78 is 27.3. The van der Waals surface area contributed by atoms with E-state index in [1.807, 2.05) is 0 Å². The average molecular weight is 236 g/mol. The molecule has 1 aromatic carbocycles. The second kappa shape index (κ2) is 4.13. The van der Waals surface area contributed by atoms with Crippen molar-refractivity contribution in [3.63, 3.8) is 0 Å². The zero-order valence-electron chi connectivity index (χ0n) is 8.96. The Hall–Kier alpha value is -1.96. The molecule has 0 unspecified atom stereocenters. The third-order valence-corrected chi connectivity index (χ3v) is 2.70. The molecule has 0 aliphatic carbocycles. The Kier molecular flexibility index (Phi) is 2.80. The van der Waals surface area contributed by atoms with Crippen LogP contribution in [0.3, 0.4) is 0 Å². The highest BCUT2D eigenvalue weighted by molar-refractivity contribution is 5.99. The minimum atomic E-state index is -3.02. The van der Waals surface area contributed by atoms with Crippen LogP contribution in [0.2, 0.25) is 0 Å². The molecular formula is C12H10F2N2O. The second-order valence-electron chi connectivity index (χ2n) is 3.96. The van der Waals surface area contributed by atoms with Crippen molar-refractivity contribution in [3.05, 3.63) is 29.3 Å². The standard InChI is InChI=1S/C12H10F2N2O/c13-12(14,4-1-5-15)9-2-3-10-8(6-9)7-11(17)16-10/h2-3,6H,1,4,7H2,(H,16,17). The molecule has 1 heterocycles. The SMILES string of the molecule is N#CCCC(F)(F)c1ccc2c(c1)CC(=O)N2. The predicted molar refractivity (Wildman–Crippen MR) is 57.5 cm³/mol. The van der Waals surface area contributed by atoms with Crippen LogP contribution in [0.4, 0.5) is 14.5 Å². The molecule has 0 fully saturated rings. The maximum atomic E-state index is 13.7. The van der Waals surface area contributed by atoms with Crippen molar-refractivity contribution in [3.8, 4) is 6.07 Å². The Balaban J connectivity index is 2.27. The summed E-state index contributed by atoms with van der Waals surface area (Å²) in [6.45, 7) is 0. The summed E-state index contributed by atoms with van der Waals surface area (Å²) in [6, 6.07) is 5.82. The Bertz CT molecular complexity index is 506. The third-order valence-electron chi connectivity index (χ3n) is 2.70. The summed E-state index contributed by atoms with van der Waals surface area (Å²) >= 11 is 0. The molecular weight excluding hydrogens is 226 g/mol. The zero-order valence-corrected chi connectivity index (χ0v) is 8.96. The van der Waals surface area contributed by atoms with E-state index in [9.17, 15) is 13.6 Å². The molecule has 1 aliphatic rings. The van der Waals surface area contributed by atoms with Gasteiger partial charge in [-0.1, -0.05) is 6.07 Å². The molecule has 1 N–H and O–H groups in total. The zero-order chi connectivity index (χ0) is 12.5. The number of alkyl halides is 2. The summed E-state index contributed by atoms with van der Waals surface area (Å²) in [4.78, 5) is 11.1. The number of amides is 1. The number of rotatable bonds is 3. The summed E-state index contributed by atoms with van der Waals surface area (Å²) in [5.41, 5.74) is 1.04. The van der Waals surface area contributed by atoms with Crippen LogP contribution in [-0.2, 0) is 17.1 Å². The molecule has 0 bridgehead atoms. The largest absolute Gasteiger partial charge is 0.326 e. The normalized spacial score (nSPS) is 14.1. The van der Waals surface area contributed by atoms with Gasteiger partial charge in [-0.05, 0) is 17.7 Å². The number of nitrogens with one attached hydrogen (secondary N) is 1. The molecule has 0 aromatic heterocycles. The number of carbonyl (C=O) groups excluding carboxylic acids is 1. The van der Waals surface area contributed by atoms with Crippen LogP contribution in [0.1, 0.15) is 24.0 Å². The van der Waals surface area contributed by atoms with Gasteiger partial charge < -0.3 is 5.32 Å². The monoisotopic (exact) mass is 236 g/mol. The number of nitriles is 1. The van der Waals surface area contributed by atoms with Gasteiger partial charge in [-0.25, -0.2) is 8.78 Å². The lowest BCUT2D eigenvalue weighted by Crippen LogP contribution is -2.13. The maximum absolute atomic E-state index is 13.7. The van der Waals surface area contributed by atoms with Crippen molar-refractivity contribution in [2.45, 2.75) is 25.2 Å². The van der Waals surface area contributed by atoms with Gasteiger partial charge in [0, 0.05) is 24.1 Å². The summed E-state index contributed by atoms with van der Waals surface area (Å²) in [6.07, 6.45) is -0.553. The number of anilines is 1. The number of benzene rings is 1. The van der Waals surface area contributed by atoms with Crippen LogP contribution < -0.4 is 5.32 Å². The fourth-order valence-corrected chi connectivity index (χ4v) is 1.81. The number of fused-ring (bicyclic) bond motifs is 1. The van der Waals surface area contributed by atoms with Crippen LogP contribution in [0.15, 0.2) is 18.2 Å². The molecule has 0 atom stereocenters. The first-order valence-electron chi connectivity index (χ1n) is 5.21. The maximum Gasteiger partial charge on any atom is 0.274 e. The van der Waals surface area contributed by atoms with Crippen molar-refractivity contribution in [2.24, 2.45) is 0 Å². The van der Waals surface area contributed by atoms with Crippen molar-refractivity contribution in [1.29, 1.82) is 5.26 Å². The highest BCUT2D eigenvalue weighted by Crippen LogP contribution is 2.35. The fraction of sp³-hybridized carbons (Fsp3) is 0.333. The smallest absolute Gasteiger partial charge is 0.274 e. The van der Waals surface area contributed by atoms with E-state index in [0.717, 1.165) is 0 Å². The van der Waals surface area contributed by atoms with Gasteiger partial charge in [0.15, 0.2) is 0 Å². The van der Waals surface area contributed by atoms with E-state index in [1.54, 1.807) is 6.07 Å². The van der Waals surface area contributed by atoms with Gasteiger partial charge in [0.05, 0.1) is 12.5 Å². The van der Waals surface area contributed by atoms with Crippen LogP contribution in [0.25, 0.3) is 0 Å². The van der Waals surface area contributed by atoms with Gasteiger partial charge in [-0.15, -0.1) is 0 Å². The van der Waals surface area contributed by atoms with Crippen LogP contribution >= 0.6 is 0 Å². The lowest BCUT2D eigenvalue weighted by atomic mass is 10.0. The van der Waals surface area contributed by atoms with E-state index in [0.29, 0.717) is 11.3 Å². The first kappa shape index (κ1) is 11.5. The third kappa shape index (κ3) is 2.26. The lowest BCUT2D eigenvalue weighted by molar-refractivity contribution is -0.115. The van der Waals surface area contributed by atoms with E-state index in [4.69, 9.17) is 5.26 Å². The molecule has 1 amide bonds. The Labute approximate surface area is 97.1 Å². The molecule has 88 valence electrons. The molecule has 0 spiro atoms. The van der Waals surface area contributed by atoms with Crippen molar-refractivity contribution >= 4 is 11.6 Å². The summed E-state index contributed by atoms with van der Waals surface area (Å²) in [5, 5.41) is 10.9. The lowest BCUT2D eigenvalue weighted by Gasteiger charge is -2.15. The van der Waals surface area contributed by atoms with Gasteiger partial charge in [-0.3, -0.25) is 4.79 Å². The average Bonchev–Trinajstić information content (AvgIpc) is 2.65. The van der Waals surface area contributed by atoms with Crippen molar-refractivity contribution in [1.82, 2.24) is 0 Å². The minimum Gasteiger partial charge on any atom is -0.326 e. The first-order valence-corrected chi connectivity index (χ1v) is 5.21. The molecule has 0 radical (unpaired) electrons. The molecule has 17 heavy (non-hydrogen) atoms. The van der Waals surface area contributed by atoms with E-state index < -0.39 is 12.3 Å². The minimum absolute atomic E-state index is 0.136. The first-order chi connectivity index (χ1) is 8.03. The van der Waals surface area contributed by atoms with E-state index in [1.165, 1.54) is 18.2 Å². The van der Waals surface area contributed by atoms with Gasteiger partial charge in [-0.2, -0.15) is 5.26 Å². The van der Waals surface area contributed by atoms with E-state index >= 15 is 0 Å². The van der Waals surface area contributed by atoms with E-state index in [2.05, 4.69) is 5.32 Å². The number of carbonyl (C=O) groups is 1. The number of halogens is 2. The molecule has 0 saturated heterocycles. The fourth-order valence-electron chi connectivity index (χ4n) is 1.81. The highest BCUT2D eigenvalue weighted by Gasteiger charge is 2.32. The van der Waals surface area contributed by atoms with Crippen LogP contribution in [0.5, 0.6) is 0 Å². The van der Waals surface area contributed by atoms with Crippen LogP contribution in [-0.4, -0.2) is 5.91 Å². The Morgan fingerprint density at radius 2 is 2.24 bits per heavy atom. The predicted octanol–water partition coefficient (Wildman–Crippen LogP) is 2.58. The Morgan fingerprint density at radius 1 is 1.47 bits per heavy atom. The van der Waals surface area contributed by atoms with E-state index in [-0.39, 0.29) is 24.3 Å². The van der Waals surface area contributed by atoms with Gasteiger partial charge in [0.25, 0.3) is 5.92 Å². The van der Waals surface area contributed by atoms with Gasteiger partial charge >= 0.3 is 0 Å². The Morgan fingerprint density at radius 3 is 2.94 bits per heavy atom. The number of hydrogen-bond donors (Lipinski definition) is 1. The summed E-state index contributed by atoms with van der Waals surface area (Å²) in [5.74, 6) is -3.20. The molecule has 5 heteroatoms. The van der Waals surface area contributed by atoms with Crippen molar-refractivity contribution < 1.29 is 13.6 Å². The quantitative estimate of drug-likeness (QED) is 0.876. The van der Waals surface area contributed by atoms with Gasteiger partial charge in [0.1, 0.15) is 0 Å². The van der Waals surface area contributed by atoms with Crippen LogP contribution in [0, 0.1) is 11.3 Å². The molecule has 0 saturated carbocycles. The molecule has 1 aromatic rings. The van der Waals surface area contributed by atoms with Gasteiger partial charge in [0.2, 0.25) is 5.91 Å². The highest BCUT2D eigenvalue weighted by atomic mass is 19.3. The molecule has 2 rings (SSSR count). The second-order valence-corrected chi connectivity index (χ2v) is 3.96. The number of hydrogen-bond acceptors (Lipinski definition) is 2.